The van der Waals surface area contributed by atoms with Crippen molar-refractivity contribution in [1.29, 1.82) is 0 Å². The van der Waals surface area contributed by atoms with Gasteiger partial charge < -0.3 is 13.9 Å². The first-order valence-corrected chi connectivity index (χ1v) is 19.8. The fraction of sp³-hybridized carbons (Fsp3) is 0. The standard InChI is InChI=1S/C52H32N2OS/c1-2-13-36(14-3-1)53-44-19-8-6-17-42(44)50-45(53)20-11-21-46(50)54(47-22-10-18-40-41-30-26-34-12-4-5-15-38(34)51(41)55-52(40)47)37-28-24-33(25-29-37)35-27-31-49-43(32-35)39-16-7-9-23-48(39)56-49/h1-32H. The number of hydrogen-bond acceptors (Lipinski definition) is 3. The summed E-state index contributed by atoms with van der Waals surface area (Å²) in [5.41, 5.74) is 10.7. The number of aromatic nitrogens is 1. The van der Waals surface area contributed by atoms with Crippen molar-refractivity contribution in [3.8, 4) is 16.8 Å². The molecule has 0 radical (unpaired) electrons. The summed E-state index contributed by atoms with van der Waals surface area (Å²) in [6.45, 7) is 0. The summed E-state index contributed by atoms with van der Waals surface area (Å²) in [7, 11) is 0. The zero-order valence-electron chi connectivity index (χ0n) is 30.2. The van der Waals surface area contributed by atoms with E-state index in [1.807, 2.05) is 11.3 Å². The topological polar surface area (TPSA) is 21.3 Å². The third kappa shape index (κ3) is 4.63. The molecule has 0 aliphatic rings. The summed E-state index contributed by atoms with van der Waals surface area (Å²) in [6, 6.07) is 70.1. The average molecular weight is 733 g/mol. The van der Waals surface area contributed by atoms with Crippen LogP contribution in [0, 0.1) is 0 Å². The van der Waals surface area contributed by atoms with Crippen LogP contribution in [0.15, 0.2) is 199 Å². The molecule has 0 fully saturated rings. The lowest BCUT2D eigenvalue weighted by Gasteiger charge is -2.27. The molecule has 12 aromatic rings. The first kappa shape index (κ1) is 31.2. The van der Waals surface area contributed by atoms with Gasteiger partial charge in [-0.15, -0.1) is 11.3 Å². The van der Waals surface area contributed by atoms with Gasteiger partial charge in [-0.3, -0.25) is 0 Å². The highest BCUT2D eigenvalue weighted by atomic mass is 32.1. The van der Waals surface area contributed by atoms with Gasteiger partial charge in [-0.2, -0.15) is 0 Å². The van der Waals surface area contributed by atoms with Gasteiger partial charge in [0.05, 0.1) is 22.4 Å². The van der Waals surface area contributed by atoms with Gasteiger partial charge in [0.25, 0.3) is 0 Å². The van der Waals surface area contributed by atoms with Crippen LogP contribution in [0.25, 0.3) is 91.5 Å². The summed E-state index contributed by atoms with van der Waals surface area (Å²) in [5, 5.41) is 9.50. The van der Waals surface area contributed by atoms with Crippen molar-refractivity contribution in [2.24, 2.45) is 0 Å². The molecule has 12 rings (SSSR count). The summed E-state index contributed by atoms with van der Waals surface area (Å²) in [6.07, 6.45) is 0. The minimum atomic E-state index is 0.863. The Morgan fingerprint density at radius 1 is 0.411 bits per heavy atom. The predicted molar refractivity (Wildman–Crippen MR) is 239 cm³/mol. The maximum absolute atomic E-state index is 7.01. The number of fused-ring (bicyclic) bond motifs is 11. The largest absolute Gasteiger partial charge is 0.453 e. The Bertz CT molecular complexity index is 3480. The molecular formula is C52H32N2OS. The molecule has 0 aliphatic carbocycles. The lowest BCUT2D eigenvalue weighted by molar-refractivity contribution is 0.673. The van der Waals surface area contributed by atoms with Crippen molar-refractivity contribution in [2.45, 2.75) is 0 Å². The molecule has 3 heterocycles. The molecule has 0 spiro atoms. The van der Waals surface area contributed by atoms with E-state index in [0.717, 1.165) is 55.6 Å². The number of thiophene rings is 1. The van der Waals surface area contributed by atoms with Crippen molar-refractivity contribution in [3.63, 3.8) is 0 Å². The quantitative estimate of drug-likeness (QED) is 0.176. The van der Waals surface area contributed by atoms with Gasteiger partial charge in [0.2, 0.25) is 0 Å². The van der Waals surface area contributed by atoms with E-state index in [1.165, 1.54) is 53.0 Å². The Hall–Kier alpha value is -7.14. The lowest BCUT2D eigenvalue weighted by atomic mass is 10.0. The summed E-state index contributed by atoms with van der Waals surface area (Å²) < 4.78 is 12.0. The normalized spacial score (nSPS) is 11.9. The van der Waals surface area contributed by atoms with Crippen LogP contribution < -0.4 is 4.90 Å². The molecule has 0 unspecified atom stereocenters. The maximum Gasteiger partial charge on any atom is 0.159 e. The zero-order chi connectivity index (χ0) is 36.7. The molecule has 0 aliphatic heterocycles. The molecule has 0 saturated carbocycles. The van der Waals surface area contributed by atoms with Crippen molar-refractivity contribution in [3.05, 3.63) is 194 Å². The SMILES string of the molecule is c1ccc(-n2c3ccccc3c3c(N(c4ccc(-c5ccc6sc7ccccc7c6c5)cc4)c4cccc5c4oc4c6ccccc6ccc54)cccc32)cc1. The maximum atomic E-state index is 7.01. The van der Waals surface area contributed by atoms with Gasteiger partial charge in [-0.05, 0) is 89.3 Å². The molecule has 0 atom stereocenters. The third-order valence-corrected chi connectivity index (χ3v) is 12.5. The van der Waals surface area contributed by atoms with Gasteiger partial charge in [-0.1, -0.05) is 121 Å². The van der Waals surface area contributed by atoms with Gasteiger partial charge in [0, 0.05) is 58.5 Å². The molecule has 0 amide bonds. The number of anilines is 3. The first-order valence-electron chi connectivity index (χ1n) is 19.0. The van der Waals surface area contributed by atoms with Crippen molar-refractivity contribution >= 4 is 103 Å². The van der Waals surface area contributed by atoms with Crippen LogP contribution >= 0.6 is 11.3 Å². The Labute approximate surface area is 326 Å². The van der Waals surface area contributed by atoms with Crippen molar-refractivity contribution in [2.75, 3.05) is 4.90 Å². The average Bonchev–Trinajstić information content (AvgIpc) is 3.95. The molecule has 0 bridgehead atoms. The van der Waals surface area contributed by atoms with Crippen LogP contribution in [-0.2, 0) is 0 Å². The molecule has 9 aromatic carbocycles. The summed E-state index contributed by atoms with van der Waals surface area (Å²) in [5.74, 6) is 0. The number of benzene rings is 9. The van der Waals surface area contributed by atoms with Crippen molar-refractivity contribution < 1.29 is 4.42 Å². The first-order chi connectivity index (χ1) is 27.8. The van der Waals surface area contributed by atoms with Crippen LogP contribution in [0.2, 0.25) is 0 Å². The third-order valence-electron chi connectivity index (χ3n) is 11.4. The number of furan rings is 1. The number of rotatable bonds is 5. The Kier molecular flexibility index (Phi) is 6.80. The van der Waals surface area contributed by atoms with E-state index in [0.29, 0.717) is 0 Å². The highest BCUT2D eigenvalue weighted by Crippen LogP contribution is 2.48. The second-order valence-corrected chi connectivity index (χ2v) is 15.6. The monoisotopic (exact) mass is 732 g/mol. The second-order valence-electron chi connectivity index (χ2n) is 14.5. The van der Waals surface area contributed by atoms with E-state index in [-0.39, 0.29) is 0 Å². The minimum Gasteiger partial charge on any atom is -0.453 e. The van der Waals surface area contributed by atoms with Crippen molar-refractivity contribution in [1.82, 2.24) is 4.57 Å². The van der Waals surface area contributed by atoms with E-state index >= 15 is 0 Å². The molecule has 56 heavy (non-hydrogen) atoms. The molecule has 0 N–H and O–H groups in total. The smallest absolute Gasteiger partial charge is 0.159 e. The Morgan fingerprint density at radius 2 is 1.07 bits per heavy atom. The van der Waals surface area contributed by atoms with E-state index in [2.05, 4.69) is 204 Å². The molecule has 0 saturated heterocycles. The molecule has 262 valence electrons. The molecular weight excluding hydrogens is 701 g/mol. The molecule has 3 aromatic heterocycles. The van der Waals surface area contributed by atoms with Crippen LogP contribution in [0.3, 0.4) is 0 Å². The van der Waals surface area contributed by atoms with E-state index in [9.17, 15) is 0 Å². The predicted octanol–water partition coefficient (Wildman–Crippen LogP) is 15.3. The summed E-state index contributed by atoms with van der Waals surface area (Å²) in [4.78, 5) is 2.40. The van der Waals surface area contributed by atoms with Gasteiger partial charge in [0.15, 0.2) is 5.58 Å². The van der Waals surface area contributed by atoms with E-state index in [4.69, 9.17) is 4.42 Å². The lowest BCUT2D eigenvalue weighted by Crippen LogP contribution is -2.10. The fourth-order valence-corrected chi connectivity index (χ4v) is 9.93. The minimum absolute atomic E-state index is 0.863. The molecule has 4 heteroatoms. The highest BCUT2D eigenvalue weighted by Gasteiger charge is 2.24. The number of nitrogens with zero attached hydrogens (tertiary/aromatic N) is 2. The van der Waals surface area contributed by atoms with Crippen LogP contribution in [0.1, 0.15) is 0 Å². The van der Waals surface area contributed by atoms with E-state index in [1.54, 1.807) is 0 Å². The number of hydrogen-bond donors (Lipinski definition) is 0. The van der Waals surface area contributed by atoms with Gasteiger partial charge in [-0.25, -0.2) is 0 Å². The Balaban J connectivity index is 1.11. The van der Waals surface area contributed by atoms with E-state index < -0.39 is 0 Å². The van der Waals surface area contributed by atoms with Gasteiger partial charge >= 0.3 is 0 Å². The molecule has 3 nitrogen and oxygen atoms in total. The van der Waals surface area contributed by atoms with Crippen LogP contribution in [-0.4, -0.2) is 4.57 Å². The second kappa shape index (κ2) is 12.2. The highest BCUT2D eigenvalue weighted by molar-refractivity contribution is 7.25. The fourth-order valence-electron chi connectivity index (χ4n) is 8.85. The van der Waals surface area contributed by atoms with Crippen LogP contribution in [0.4, 0.5) is 17.1 Å². The summed E-state index contributed by atoms with van der Waals surface area (Å²) >= 11 is 1.85. The van der Waals surface area contributed by atoms with Crippen LogP contribution in [0.5, 0.6) is 0 Å². The zero-order valence-corrected chi connectivity index (χ0v) is 31.0. The van der Waals surface area contributed by atoms with Gasteiger partial charge in [0.1, 0.15) is 5.58 Å². The number of para-hydroxylation sites is 3. The Morgan fingerprint density at radius 3 is 1.96 bits per heavy atom.